The van der Waals surface area contributed by atoms with E-state index in [9.17, 15) is 24.6 Å². The summed E-state index contributed by atoms with van der Waals surface area (Å²) in [6.07, 6.45) is 6.53. The monoisotopic (exact) mass is 452 g/mol. The van der Waals surface area contributed by atoms with E-state index in [4.69, 9.17) is 0 Å². The first-order valence-corrected chi connectivity index (χ1v) is 12.4. The molecule has 2 N–H and O–H groups in total. The highest BCUT2D eigenvalue weighted by molar-refractivity contribution is 8.02. The number of aliphatic hydroxyl groups excluding tert-OH is 1. The summed E-state index contributed by atoms with van der Waals surface area (Å²) >= 11 is 1.58. The molecule has 0 aromatic rings. The molecule has 6 atom stereocenters. The van der Waals surface area contributed by atoms with Gasteiger partial charge in [-0.25, -0.2) is 0 Å². The number of thioether (sulfide) groups is 1. The number of fused-ring (bicyclic) bond motifs is 1. The van der Waals surface area contributed by atoms with E-state index < -0.39 is 28.6 Å². The van der Waals surface area contributed by atoms with Crippen molar-refractivity contribution in [3.8, 4) is 0 Å². The maximum absolute atomic E-state index is 13.9. The van der Waals surface area contributed by atoms with Gasteiger partial charge in [-0.2, -0.15) is 0 Å². The summed E-state index contributed by atoms with van der Waals surface area (Å²) in [4.78, 5) is 43.1. The Morgan fingerprint density at radius 2 is 2.06 bits per heavy atom. The number of carbonyl (C=O) groups excluding carboxylic acids is 2. The fraction of sp³-hybridized carbons (Fsp3) is 0.783. The summed E-state index contributed by atoms with van der Waals surface area (Å²) in [6.45, 7) is 9.42. The van der Waals surface area contributed by atoms with E-state index in [2.05, 4.69) is 20.4 Å². The first-order chi connectivity index (χ1) is 14.8. The van der Waals surface area contributed by atoms with Crippen LogP contribution in [0.4, 0.5) is 0 Å². The molecule has 8 heteroatoms. The van der Waals surface area contributed by atoms with Gasteiger partial charge in [0.25, 0.3) is 0 Å². The average molecular weight is 453 g/mol. The number of carboxylic acids is 1. The van der Waals surface area contributed by atoms with Gasteiger partial charge in [0.2, 0.25) is 11.8 Å². The molecule has 3 rings (SSSR count). The predicted octanol–water partition coefficient (Wildman–Crippen LogP) is 2.39. The Balaban J connectivity index is 1.98. The normalized spacial score (nSPS) is 33.6. The van der Waals surface area contributed by atoms with Gasteiger partial charge in [0.15, 0.2) is 0 Å². The molecule has 3 saturated heterocycles. The van der Waals surface area contributed by atoms with Crippen molar-refractivity contribution in [2.75, 3.05) is 26.2 Å². The molecule has 0 aliphatic carbocycles. The average Bonchev–Trinajstić information content (AvgIpc) is 3.31. The SMILES string of the molecule is C=CCN(CCCCC)C(=O)C1N(CCCCO)C(=O)[C@@H]2[C@@H](C(=O)O)[C@H]3CC(C)C12S3. The second-order valence-corrected chi connectivity index (χ2v) is 10.7. The van der Waals surface area contributed by atoms with Crippen molar-refractivity contribution in [3.05, 3.63) is 12.7 Å². The number of rotatable bonds is 12. The molecule has 1 spiro atoms. The van der Waals surface area contributed by atoms with Crippen molar-refractivity contribution < 1.29 is 24.6 Å². The molecule has 2 bridgehead atoms. The van der Waals surface area contributed by atoms with Crippen LogP contribution in [0.5, 0.6) is 0 Å². The molecule has 174 valence electrons. The summed E-state index contributed by atoms with van der Waals surface area (Å²) in [5.41, 5.74) is 0. The summed E-state index contributed by atoms with van der Waals surface area (Å²) < 4.78 is -0.689. The molecule has 3 aliphatic heterocycles. The molecule has 3 unspecified atom stereocenters. The smallest absolute Gasteiger partial charge is 0.308 e. The number of amides is 2. The van der Waals surface area contributed by atoms with Crippen molar-refractivity contribution >= 4 is 29.5 Å². The third-order valence-electron chi connectivity index (χ3n) is 7.26. The van der Waals surface area contributed by atoms with Crippen molar-refractivity contribution in [1.82, 2.24) is 9.80 Å². The molecule has 7 nitrogen and oxygen atoms in total. The van der Waals surface area contributed by atoms with Crippen LogP contribution in [0.3, 0.4) is 0 Å². The summed E-state index contributed by atoms with van der Waals surface area (Å²) in [5, 5.41) is 19.0. The summed E-state index contributed by atoms with van der Waals surface area (Å²) in [7, 11) is 0. The zero-order valence-corrected chi connectivity index (χ0v) is 19.5. The Labute approximate surface area is 189 Å². The van der Waals surface area contributed by atoms with Crippen molar-refractivity contribution in [2.24, 2.45) is 17.8 Å². The lowest BCUT2D eigenvalue weighted by atomic mass is 9.66. The molecule has 3 heterocycles. The molecule has 2 amide bonds. The molecular weight excluding hydrogens is 416 g/mol. The van der Waals surface area contributed by atoms with E-state index in [-0.39, 0.29) is 29.6 Å². The van der Waals surface area contributed by atoms with E-state index in [1.807, 2.05) is 0 Å². The molecule has 0 aromatic carbocycles. The first-order valence-electron chi connectivity index (χ1n) is 11.6. The minimum Gasteiger partial charge on any atom is -0.481 e. The van der Waals surface area contributed by atoms with Crippen LogP contribution in [0.1, 0.15) is 52.4 Å². The highest BCUT2D eigenvalue weighted by Crippen LogP contribution is 2.68. The lowest BCUT2D eigenvalue weighted by Gasteiger charge is -2.40. The molecule has 3 fully saturated rings. The lowest BCUT2D eigenvalue weighted by Crippen LogP contribution is -2.57. The van der Waals surface area contributed by atoms with Gasteiger partial charge in [-0.15, -0.1) is 18.3 Å². The van der Waals surface area contributed by atoms with E-state index in [1.54, 1.807) is 27.6 Å². The number of carbonyl (C=O) groups is 3. The topological polar surface area (TPSA) is 98.2 Å². The van der Waals surface area contributed by atoms with E-state index in [0.717, 1.165) is 25.7 Å². The number of carboxylic acid groups (broad SMARTS) is 1. The Morgan fingerprint density at radius 1 is 1.32 bits per heavy atom. The number of likely N-dealkylation sites (tertiary alicyclic amines) is 1. The van der Waals surface area contributed by atoms with Gasteiger partial charge < -0.3 is 20.0 Å². The molecule has 0 radical (unpaired) electrons. The quantitative estimate of drug-likeness (QED) is 0.349. The fourth-order valence-corrected chi connectivity index (χ4v) is 8.30. The third-order valence-corrected chi connectivity index (χ3v) is 9.34. The van der Waals surface area contributed by atoms with Crippen LogP contribution >= 0.6 is 11.8 Å². The minimum atomic E-state index is -0.932. The van der Waals surface area contributed by atoms with Gasteiger partial charge in [0.05, 0.1) is 16.6 Å². The molecule has 3 aliphatic rings. The van der Waals surface area contributed by atoms with Crippen LogP contribution < -0.4 is 0 Å². The van der Waals surface area contributed by atoms with Crippen LogP contribution in [-0.2, 0) is 14.4 Å². The first kappa shape index (κ1) is 24.1. The second-order valence-electron chi connectivity index (χ2n) is 9.13. The van der Waals surface area contributed by atoms with Gasteiger partial charge in [-0.05, 0) is 31.6 Å². The zero-order chi connectivity index (χ0) is 22.8. The Morgan fingerprint density at radius 3 is 2.68 bits per heavy atom. The minimum absolute atomic E-state index is 0.0276. The number of unbranched alkanes of at least 4 members (excludes halogenated alkanes) is 3. The molecule has 31 heavy (non-hydrogen) atoms. The summed E-state index contributed by atoms with van der Waals surface area (Å²) in [5.74, 6) is -2.52. The third kappa shape index (κ3) is 4.01. The molecule has 0 aromatic heterocycles. The van der Waals surface area contributed by atoms with E-state index in [0.29, 0.717) is 32.5 Å². The summed E-state index contributed by atoms with van der Waals surface area (Å²) in [6, 6.07) is -0.653. The van der Waals surface area contributed by atoms with Gasteiger partial charge in [0, 0.05) is 31.5 Å². The Hall–Kier alpha value is -1.54. The maximum Gasteiger partial charge on any atom is 0.308 e. The standard InChI is InChI=1S/C23H36N2O5S/c1-4-6-7-11-24(10-5-2)21(28)19-23-15(3)14-16(31-23)17(22(29)30)18(23)20(27)25(19)12-8-9-13-26/h5,15-19,26H,2,4,6-14H2,1,3H3,(H,29,30)/t15?,16-,17+,18+,19?,23?/m1/s1. The number of nitrogens with zero attached hydrogens (tertiary/aromatic N) is 2. The Bertz CT molecular complexity index is 716. The highest BCUT2D eigenvalue weighted by atomic mass is 32.2. The number of aliphatic carboxylic acids is 1. The Kier molecular flexibility index (Phi) is 7.73. The van der Waals surface area contributed by atoms with Crippen LogP contribution in [0.15, 0.2) is 12.7 Å². The fourth-order valence-electron chi connectivity index (χ4n) is 5.89. The number of hydrogen-bond acceptors (Lipinski definition) is 5. The van der Waals surface area contributed by atoms with Crippen molar-refractivity contribution in [1.29, 1.82) is 0 Å². The maximum atomic E-state index is 13.9. The largest absolute Gasteiger partial charge is 0.481 e. The van der Waals surface area contributed by atoms with Crippen LogP contribution in [-0.4, -0.2) is 80.1 Å². The van der Waals surface area contributed by atoms with Gasteiger partial charge in [0.1, 0.15) is 6.04 Å². The van der Waals surface area contributed by atoms with E-state index in [1.165, 1.54) is 0 Å². The molecular formula is C23H36N2O5S. The van der Waals surface area contributed by atoms with Crippen LogP contribution in [0, 0.1) is 17.8 Å². The zero-order valence-electron chi connectivity index (χ0n) is 18.7. The molecule has 0 saturated carbocycles. The van der Waals surface area contributed by atoms with Crippen molar-refractivity contribution in [2.45, 2.75) is 68.4 Å². The van der Waals surface area contributed by atoms with E-state index >= 15 is 0 Å². The lowest BCUT2D eigenvalue weighted by molar-refractivity contribution is -0.149. The van der Waals surface area contributed by atoms with Gasteiger partial charge in [-0.1, -0.05) is 32.8 Å². The van der Waals surface area contributed by atoms with Gasteiger partial charge >= 0.3 is 5.97 Å². The van der Waals surface area contributed by atoms with Gasteiger partial charge in [-0.3, -0.25) is 14.4 Å². The second kappa shape index (κ2) is 9.94. The number of hydrogen-bond donors (Lipinski definition) is 2. The van der Waals surface area contributed by atoms with Crippen LogP contribution in [0.2, 0.25) is 0 Å². The predicted molar refractivity (Wildman–Crippen MR) is 121 cm³/mol. The number of aliphatic hydroxyl groups is 1. The van der Waals surface area contributed by atoms with Crippen LogP contribution in [0.25, 0.3) is 0 Å². The van der Waals surface area contributed by atoms with Crippen molar-refractivity contribution in [3.63, 3.8) is 0 Å². The highest BCUT2D eigenvalue weighted by Gasteiger charge is 2.76.